The van der Waals surface area contributed by atoms with Gasteiger partial charge in [-0.2, -0.15) is 0 Å². The molecule has 0 saturated carbocycles. The summed E-state index contributed by atoms with van der Waals surface area (Å²) in [5.74, 6) is 0.207. The zero-order valence-electron chi connectivity index (χ0n) is 16.3. The molecule has 0 saturated heterocycles. The second-order valence-corrected chi connectivity index (χ2v) is 6.57. The molecule has 3 rings (SSSR count). The zero-order valence-corrected chi connectivity index (χ0v) is 16.3. The molecule has 0 aliphatic carbocycles. The SMILES string of the molecule is CCc1nc2ccccc2n1CC(=O)OCC(=O)c1cc(C)n(CC)c1C. The fourth-order valence-corrected chi connectivity index (χ4v) is 3.54. The first-order valence-corrected chi connectivity index (χ1v) is 9.25. The van der Waals surface area contributed by atoms with Crippen LogP contribution in [0.4, 0.5) is 0 Å². The molecule has 0 amide bonds. The molecule has 0 aliphatic rings. The maximum atomic E-state index is 12.5. The van der Waals surface area contributed by atoms with Crippen LogP contribution in [0.25, 0.3) is 11.0 Å². The topological polar surface area (TPSA) is 66.1 Å². The highest BCUT2D eigenvalue weighted by Gasteiger charge is 2.18. The first kappa shape index (κ1) is 18.9. The summed E-state index contributed by atoms with van der Waals surface area (Å²) in [6.45, 7) is 8.52. The number of aryl methyl sites for hydroxylation is 2. The van der Waals surface area contributed by atoms with Crippen molar-refractivity contribution in [2.45, 2.75) is 47.2 Å². The first-order chi connectivity index (χ1) is 13.0. The molecule has 6 nitrogen and oxygen atoms in total. The number of rotatable bonds is 7. The number of benzene rings is 1. The third-order valence-corrected chi connectivity index (χ3v) is 4.89. The highest BCUT2D eigenvalue weighted by molar-refractivity contribution is 5.99. The Bertz CT molecular complexity index is 998. The summed E-state index contributed by atoms with van der Waals surface area (Å²) in [4.78, 5) is 29.4. The second-order valence-electron chi connectivity index (χ2n) is 6.57. The molecule has 0 bridgehead atoms. The molecule has 0 atom stereocenters. The Morgan fingerprint density at radius 2 is 1.85 bits per heavy atom. The van der Waals surface area contributed by atoms with Gasteiger partial charge in [0.05, 0.1) is 11.0 Å². The molecule has 27 heavy (non-hydrogen) atoms. The highest BCUT2D eigenvalue weighted by atomic mass is 16.5. The number of hydrogen-bond donors (Lipinski definition) is 0. The van der Waals surface area contributed by atoms with E-state index < -0.39 is 5.97 Å². The minimum absolute atomic E-state index is 0.0466. The van der Waals surface area contributed by atoms with Crippen molar-refractivity contribution < 1.29 is 14.3 Å². The maximum absolute atomic E-state index is 12.5. The minimum Gasteiger partial charge on any atom is -0.456 e. The Morgan fingerprint density at radius 1 is 1.11 bits per heavy atom. The monoisotopic (exact) mass is 367 g/mol. The Hall–Kier alpha value is -2.89. The lowest BCUT2D eigenvalue weighted by Gasteiger charge is -2.09. The number of aromatic nitrogens is 3. The number of esters is 1. The van der Waals surface area contributed by atoms with Crippen LogP contribution in [0.5, 0.6) is 0 Å². The van der Waals surface area contributed by atoms with Gasteiger partial charge in [-0.15, -0.1) is 0 Å². The van der Waals surface area contributed by atoms with Crippen LogP contribution in [0.1, 0.15) is 41.4 Å². The first-order valence-electron chi connectivity index (χ1n) is 9.25. The van der Waals surface area contributed by atoms with Crippen LogP contribution in [-0.4, -0.2) is 32.5 Å². The predicted octanol–water partition coefficient (Wildman–Crippen LogP) is 3.46. The number of nitrogens with zero attached hydrogens (tertiary/aromatic N) is 3. The van der Waals surface area contributed by atoms with Crippen LogP contribution >= 0.6 is 0 Å². The molecule has 2 heterocycles. The number of carbonyl (C=O) groups is 2. The average molecular weight is 367 g/mol. The summed E-state index contributed by atoms with van der Waals surface area (Å²) >= 11 is 0. The molecule has 1 aromatic carbocycles. The van der Waals surface area contributed by atoms with Crippen LogP contribution in [0.3, 0.4) is 0 Å². The van der Waals surface area contributed by atoms with E-state index in [4.69, 9.17) is 4.74 Å². The van der Waals surface area contributed by atoms with E-state index >= 15 is 0 Å². The zero-order chi connectivity index (χ0) is 19.6. The smallest absolute Gasteiger partial charge is 0.326 e. The Kier molecular flexibility index (Phi) is 5.44. The van der Waals surface area contributed by atoms with Gasteiger partial charge in [0.2, 0.25) is 5.78 Å². The van der Waals surface area contributed by atoms with Gasteiger partial charge in [0.25, 0.3) is 0 Å². The summed E-state index contributed by atoms with van der Waals surface area (Å²) < 4.78 is 9.19. The Balaban J connectivity index is 1.69. The van der Waals surface area contributed by atoms with Crippen molar-refractivity contribution in [1.82, 2.24) is 14.1 Å². The summed E-state index contributed by atoms with van der Waals surface area (Å²) in [5, 5.41) is 0. The summed E-state index contributed by atoms with van der Waals surface area (Å²) in [7, 11) is 0. The number of imidazole rings is 1. The molecule has 6 heteroatoms. The maximum Gasteiger partial charge on any atom is 0.326 e. The molecule has 2 aromatic heterocycles. The van der Waals surface area contributed by atoms with Crippen LogP contribution < -0.4 is 0 Å². The lowest BCUT2D eigenvalue weighted by Crippen LogP contribution is -2.19. The van der Waals surface area contributed by atoms with Crippen molar-refractivity contribution >= 4 is 22.8 Å². The molecule has 0 spiro atoms. The number of para-hydroxylation sites is 2. The molecule has 3 aromatic rings. The fourth-order valence-electron chi connectivity index (χ4n) is 3.54. The predicted molar refractivity (Wildman–Crippen MR) is 104 cm³/mol. The molecule has 0 radical (unpaired) electrons. The quantitative estimate of drug-likeness (QED) is 0.474. The number of carbonyl (C=O) groups excluding carboxylic acids is 2. The van der Waals surface area contributed by atoms with Crippen LogP contribution in [-0.2, 0) is 29.0 Å². The third kappa shape index (κ3) is 3.65. The van der Waals surface area contributed by atoms with Gasteiger partial charge in [-0.3, -0.25) is 9.59 Å². The van der Waals surface area contributed by atoms with Gasteiger partial charge in [-0.25, -0.2) is 4.98 Å². The Morgan fingerprint density at radius 3 is 2.52 bits per heavy atom. The largest absolute Gasteiger partial charge is 0.456 e. The lowest BCUT2D eigenvalue weighted by atomic mass is 10.1. The van der Waals surface area contributed by atoms with E-state index in [9.17, 15) is 9.59 Å². The molecular weight excluding hydrogens is 342 g/mol. The van der Waals surface area contributed by atoms with E-state index in [0.29, 0.717) is 12.0 Å². The lowest BCUT2D eigenvalue weighted by molar-refractivity contribution is -0.143. The average Bonchev–Trinajstić information content (AvgIpc) is 3.16. The number of fused-ring (bicyclic) bond motifs is 1. The van der Waals surface area contributed by atoms with E-state index in [1.165, 1.54) is 0 Å². The number of hydrogen-bond acceptors (Lipinski definition) is 4. The van der Waals surface area contributed by atoms with E-state index in [-0.39, 0.29) is 18.9 Å². The molecule has 0 aliphatic heterocycles. The van der Waals surface area contributed by atoms with Crippen molar-refractivity contribution in [3.05, 3.63) is 53.1 Å². The fraction of sp³-hybridized carbons (Fsp3) is 0.381. The van der Waals surface area contributed by atoms with Gasteiger partial charge in [0.1, 0.15) is 12.4 Å². The summed E-state index contributed by atoms with van der Waals surface area (Å²) in [6, 6.07) is 9.54. The summed E-state index contributed by atoms with van der Waals surface area (Å²) in [6.07, 6.45) is 0.712. The number of ketones is 1. The van der Waals surface area contributed by atoms with E-state index in [2.05, 4.69) is 9.55 Å². The van der Waals surface area contributed by atoms with Crippen LogP contribution in [0, 0.1) is 13.8 Å². The highest BCUT2D eigenvalue weighted by Crippen LogP contribution is 2.17. The van der Waals surface area contributed by atoms with Crippen molar-refractivity contribution in [1.29, 1.82) is 0 Å². The summed E-state index contributed by atoms with van der Waals surface area (Å²) in [5.41, 5.74) is 4.30. The van der Waals surface area contributed by atoms with Crippen molar-refractivity contribution in [3.63, 3.8) is 0 Å². The van der Waals surface area contributed by atoms with Gasteiger partial charge in [-0.05, 0) is 39.0 Å². The van der Waals surface area contributed by atoms with Gasteiger partial charge in [0, 0.05) is 29.9 Å². The van der Waals surface area contributed by atoms with Gasteiger partial charge < -0.3 is 13.9 Å². The molecule has 142 valence electrons. The van der Waals surface area contributed by atoms with Crippen molar-refractivity contribution in [2.75, 3.05) is 6.61 Å². The van der Waals surface area contributed by atoms with Gasteiger partial charge in [0.15, 0.2) is 6.61 Å². The third-order valence-electron chi connectivity index (χ3n) is 4.89. The van der Waals surface area contributed by atoms with Gasteiger partial charge in [-0.1, -0.05) is 19.1 Å². The van der Waals surface area contributed by atoms with Crippen molar-refractivity contribution in [2.24, 2.45) is 0 Å². The number of Topliss-reactive ketones (excluding diaryl/α,β-unsaturated/α-hetero) is 1. The van der Waals surface area contributed by atoms with Gasteiger partial charge >= 0.3 is 5.97 Å². The molecule has 0 unspecified atom stereocenters. The molecule has 0 fully saturated rings. The van der Waals surface area contributed by atoms with Crippen LogP contribution in [0.15, 0.2) is 30.3 Å². The number of ether oxygens (including phenoxy) is 1. The van der Waals surface area contributed by atoms with Crippen LogP contribution in [0.2, 0.25) is 0 Å². The van der Waals surface area contributed by atoms with E-state index in [1.807, 2.05) is 62.6 Å². The second kappa shape index (κ2) is 7.78. The normalized spacial score (nSPS) is 11.1. The van der Waals surface area contributed by atoms with E-state index in [0.717, 1.165) is 34.8 Å². The molecular formula is C21H25N3O3. The van der Waals surface area contributed by atoms with Crippen molar-refractivity contribution in [3.8, 4) is 0 Å². The Labute approximate surface area is 158 Å². The minimum atomic E-state index is -0.439. The molecule has 0 N–H and O–H groups in total. The van der Waals surface area contributed by atoms with E-state index in [1.54, 1.807) is 0 Å². The standard InChI is InChI=1S/C21H25N3O3/c1-5-20-22-17-9-7-8-10-18(17)24(20)12-21(26)27-13-19(25)16-11-14(3)23(6-2)15(16)4/h7-11H,5-6,12-13H2,1-4H3.